The van der Waals surface area contributed by atoms with Gasteiger partial charge in [-0.05, 0) is 12.8 Å². The summed E-state index contributed by atoms with van der Waals surface area (Å²) in [7, 11) is 0. The molecule has 1 heteroatoms. The van der Waals surface area contributed by atoms with Gasteiger partial charge in [0.05, 0.1) is 0 Å². The van der Waals surface area contributed by atoms with Crippen molar-refractivity contribution in [3.63, 3.8) is 0 Å². The molecule has 0 saturated carbocycles. The molecule has 77 valence electrons. The summed E-state index contributed by atoms with van der Waals surface area (Å²) in [6.45, 7) is 5.95. The standard InChI is InChI=1S/C12H23O/c1-3-5-7-9-11-12(13)10-8-6-4-2/h2-11H2,1H3. The molecule has 1 radical (unpaired) electrons. The van der Waals surface area contributed by atoms with Crippen molar-refractivity contribution < 1.29 is 4.79 Å². The minimum Gasteiger partial charge on any atom is -0.300 e. The fourth-order valence-electron chi connectivity index (χ4n) is 1.37. The number of carbonyl (C=O) groups excluding carboxylic acids is 1. The molecule has 0 saturated heterocycles. The van der Waals surface area contributed by atoms with Crippen LogP contribution in [0.4, 0.5) is 0 Å². The summed E-state index contributed by atoms with van der Waals surface area (Å²) in [4.78, 5) is 11.3. The van der Waals surface area contributed by atoms with Gasteiger partial charge in [0.25, 0.3) is 0 Å². The maximum atomic E-state index is 11.3. The predicted molar refractivity (Wildman–Crippen MR) is 57.6 cm³/mol. The Labute approximate surface area is 82.9 Å². The van der Waals surface area contributed by atoms with Gasteiger partial charge in [0.1, 0.15) is 5.78 Å². The van der Waals surface area contributed by atoms with Crippen LogP contribution in [0, 0.1) is 6.92 Å². The molecule has 0 amide bonds. The first-order valence-electron chi connectivity index (χ1n) is 5.62. The third-order valence-corrected chi connectivity index (χ3v) is 2.26. The molecule has 0 rings (SSSR count). The van der Waals surface area contributed by atoms with Gasteiger partial charge in [-0.15, -0.1) is 0 Å². The van der Waals surface area contributed by atoms with E-state index in [4.69, 9.17) is 0 Å². The monoisotopic (exact) mass is 183 g/mol. The average Bonchev–Trinajstić information content (AvgIpc) is 2.13. The van der Waals surface area contributed by atoms with Crippen molar-refractivity contribution in [2.24, 2.45) is 0 Å². The van der Waals surface area contributed by atoms with Crippen molar-refractivity contribution in [3.8, 4) is 0 Å². The molecule has 1 nitrogen and oxygen atoms in total. The summed E-state index contributed by atoms with van der Waals surface area (Å²) in [6, 6.07) is 0. The van der Waals surface area contributed by atoms with Crippen LogP contribution in [0.2, 0.25) is 0 Å². The van der Waals surface area contributed by atoms with Crippen molar-refractivity contribution in [2.45, 2.75) is 64.7 Å². The molecule has 13 heavy (non-hydrogen) atoms. The number of unbranched alkanes of at least 4 members (excludes halogenated alkanes) is 5. The number of hydrogen-bond acceptors (Lipinski definition) is 1. The zero-order valence-corrected chi connectivity index (χ0v) is 8.98. The van der Waals surface area contributed by atoms with Gasteiger partial charge in [-0.2, -0.15) is 0 Å². The van der Waals surface area contributed by atoms with E-state index in [1.165, 1.54) is 19.3 Å². The van der Waals surface area contributed by atoms with Crippen molar-refractivity contribution in [3.05, 3.63) is 6.92 Å². The number of ketones is 1. The van der Waals surface area contributed by atoms with Crippen LogP contribution in [0.1, 0.15) is 64.7 Å². The van der Waals surface area contributed by atoms with E-state index in [1.54, 1.807) is 0 Å². The molecule has 0 aromatic heterocycles. The Bertz CT molecular complexity index is 118. The summed E-state index contributed by atoms with van der Waals surface area (Å²) in [5, 5.41) is 0. The van der Waals surface area contributed by atoms with Crippen molar-refractivity contribution >= 4 is 5.78 Å². The number of hydrogen-bond donors (Lipinski definition) is 0. The third-order valence-electron chi connectivity index (χ3n) is 2.26. The van der Waals surface area contributed by atoms with Gasteiger partial charge in [-0.25, -0.2) is 0 Å². The quantitative estimate of drug-likeness (QED) is 0.495. The molecule has 0 fully saturated rings. The van der Waals surface area contributed by atoms with E-state index in [9.17, 15) is 4.79 Å². The van der Waals surface area contributed by atoms with Gasteiger partial charge in [-0.3, -0.25) is 4.79 Å². The van der Waals surface area contributed by atoms with Gasteiger partial charge in [0.2, 0.25) is 0 Å². The Kier molecular flexibility index (Phi) is 9.51. The second-order valence-corrected chi connectivity index (χ2v) is 3.66. The largest absolute Gasteiger partial charge is 0.300 e. The zero-order valence-electron chi connectivity index (χ0n) is 8.98. The van der Waals surface area contributed by atoms with Crippen LogP contribution >= 0.6 is 0 Å². The van der Waals surface area contributed by atoms with Crippen molar-refractivity contribution in [2.75, 3.05) is 0 Å². The summed E-state index contributed by atoms with van der Waals surface area (Å²) < 4.78 is 0. The molecular weight excluding hydrogens is 160 g/mol. The number of rotatable bonds is 9. The van der Waals surface area contributed by atoms with Crippen LogP contribution in [-0.2, 0) is 4.79 Å². The van der Waals surface area contributed by atoms with Crippen LogP contribution in [0.3, 0.4) is 0 Å². The second-order valence-electron chi connectivity index (χ2n) is 3.66. The topological polar surface area (TPSA) is 17.1 Å². The Hall–Kier alpha value is -0.330. The highest BCUT2D eigenvalue weighted by atomic mass is 16.1. The first kappa shape index (κ1) is 12.7. The first-order chi connectivity index (χ1) is 6.31. The Morgan fingerprint density at radius 3 is 2.15 bits per heavy atom. The summed E-state index contributed by atoms with van der Waals surface area (Å²) in [6.07, 6.45) is 9.51. The highest BCUT2D eigenvalue weighted by Gasteiger charge is 2.00. The van der Waals surface area contributed by atoms with Crippen LogP contribution in [0.15, 0.2) is 0 Å². The van der Waals surface area contributed by atoms with Gasteiger partial charge < -0.3 is 0 Å². The normalized spacial score (nSPS) is 10.3. The number of Topliss-reactive ketones (excluding diaryl/α,β-unsaturated/α-hetero) is 1. The molecule has 0 aromatic rings. The second kappa shape index (κ2) is 9.76. The van der Waals surface area contributed by atoms with E-state index < -0.39 is 0 Å². The lowest BCUT2D eigenvalue weighted by Gasteiger charge is -1.99. The molecule has 0 aromatic carbocycles. The van der Waals surface area contributed by atoms with Gasteiger partial charge >= 0.3 is 0 Å². The highest BCUT2D eigenvalue weighted by molar-refractivity contribution is 5.78. The summed E-state index contributed by atoms with van der Waals surface area (Å²) in [5.74, 6) is 0.449. The lowest BCUT2D eigenvalue weighted by Crippen LogP contribution is -1.97. The van der Waals surface area contributed by atoms with Crippen LogP contribution in [-0.4, -0.2) is 5.78 Å². The van der Waals surface area contributed by atoms with Gasteiger partial charge in [0, 0.05) is 12.8 Å². The Morgan fingerprint density at radius 2 is 1.62 bits per heavy atom. The van der Waals surface area contributed by atoms with Crippen LogP contribution < -0.4 is 0 Å². The minimum atomic E-state index is 0.449. The lowest BCUT2D eigenvalue weighted by atomic mass is 10.1. The maximum Gasteiger partial charge on any atom is 0.132 e. The fourth-order valence-corrected chi connectivity index (χ4v) is 1.37. The van der Waals surface area contributed by atoms with E-state index >= 15 is 0 Å². The van der Waals surface area contributed by atoms with E-state index in [0.717, 1.165) is 38.5 Å². The molecule has 0 aliphatic carbocycles. The predicted octanol–water partition coefficient (Wildman–Crippen LogP) is 3.92. The van der Waals surface area contributed by atoms with E-state index in [0.29, 0.717) is 5.78 Å². The van der Waals surface area contributed by atoms with Crippen LogP contribution in [0.25, 0.3) is 0 Å². The van der Waals surface area contributed by atoms with E-state index in [1.807, 2.05) is 0 Å². The van der Waals surface area contributed by atoms with Crippen LogP contribution in [0.5, 0.6) is 0 Å². The maximum absolute atomic E-state index is 11.3. The molecule has 0 heterocycles. The van der Waals surface area contributed by atoms with E-state index in [2.05, 4.69) is 13.8 Å². The molecular formula is C12H23O. The Balaban J connectivity index is 3.11. The van der Waals surface area contributed by atoms with Crippen molar-refractivity contribution in [1.29, 1.82) is 0 Å². The van der Waals surface area contributed by atoms with Crippen molar-refractivity contribution in [1.82, 2.24) is 0 Å². The molecule has 0 bridgehead atoms. The third kappa shape index (κ3) is 9.59. The molecule has 0 spiro atoms. The summed E-state index contributed by atoms with van der Waals surface area (Å²) in [5.41, 5.74) is 0. The number of carbonyl (C=O) groups is 1. The molecule has 0 aliphatic rings. The zero-order chi connectivity index (χ0) is 9.94. The summed E-state index contributed by atoms with van der Waals surface area (Å²) >= 11 is 0. The van der Waals surface area contributed by atoms with E-state index in [-0.39, 0.29) is 0 Å². The highest BCUT2D eigenvalue weighted by Crippen LogP contribution is 2.07. The minimum absolute atomic E-state index is 0.449. The van der Waals surface area contributed by atoms with Gasteiger partial charge in [-0.1, -0.05) is 46.0 Å². The first-order valence-corrected chi connectivity index (χ1v) is 5.62. The molecule has 0 atom stereocenters. The molecule has 0 unspecified atom stereocenters. The van der Waals surface area contributed by atoms with Gasteiger partial charge in [0.15, 0.2) is 0 Å². The molecule has 0 aliphatic heterocycles. The Morgan fingerprint density at radius 1 is 1.00 bits per heavy atom. The smallest absolute Gasteiger partial charge is 0.132 e. The lowest BCUT2D eigenvalue weighted by molar-refractivity contribution is -0.119. The molecule has 0 N–H and O–H groups in total. The fraction of sp³-hybridized carbons (Fsp3) is 0.833. The SMILES string of the molecule is [CH2]CCCCC(=O)CCCCCC. The average molecular weight is 183 g/mol.